The van der Waals surface area contributed by atoms with Crippen LogP contribution in [0.5, 0.6) is 17.2 Å². The Kier molecular flexibility index (Phi) is 3.92. The van der Waals surface area contributed by atoms with Crippen LogP contribution in [-0.2, 0) is 0 Å². The van der Waals surface area contributed by atoms with Crippen LogP contribution in [0, 0.1) is 0 Å². The van der Waals surface area contributed by atoms with Crippen molar-refractivity contribution in [3.8, 4) is 17.2 Å². The summed E-state index contributed by atoms with van der Waals surface area (Å²) in [7, 11) is 3.56. The van der Waals surface area contributed by atoms with E-state index in [1.165, 1.54) is 0 Å². The van der Waals surface area contributed by atoms with Crippen LogP contribution < -0.4 is 19.5 Å². The zero-order valence-corrected chi connectivity index (χ0v) is 12.1. The fourth-order valence-corrected chi connectivity index (χ4v) is 2.47. The van der Waals surface area contributed by atoms with Crippen molar-refractivity contribution in [1.82, 2.24) is 10.3 Å². The van der Waals surface area contributed by atoms with E-state index in [1.807, 2.05) is 37.5 Å². The molecule has 1 atom stereocenters. The van der Waals surface area contributed by atoms with Crippen LogP contribution in [0.15, 0.2) is 36.7 Å². The van der Waals surface area contributed by atoms with Gasteiger partial charge in [0.05, 0.1) is 19.3 Å². The molecule has 0 spiro atoms. The second-order valence-corrected chi connectivity index (χ2v) is 4.78. The van der Waals surface area contributed by atoms with Gasteiger partial charge in [0, 0.05) is 6.20 Å². The van der Waals surface area contributed by atoms with E-state index in [2.05, 4.69) is 10.3 Å². The third kappa shape index (κ3) is 2.78. The quantitative estimate of drug-likeness (QED) is 0.933. The molecule has 3 rings (SSSR count). The number of benzene rings is 1. The standard InChI is InChI=1S/C16H18N2O3/c1-17-16(12-7-13(19-2)10-18-9-12)11-3-4-14-15(8-11)21-6-5-20-14/h3-4,7-10,16-17H,5-6H2,1-2H3. The number of pyridine rings is 1. The number of fused-ring (bicyclic) bond motifs is 1. The lowest BCUT2D eigenvalue weighted by Crippen LogP contribution is -2.19. The van der Waals surface area contributed by atoms with Gasteiger partial charge in [-0.05, 0) is 36.4 Å². The zero-order valence-electron chi connectivity index (χ0n) is 12.1. The minimum atomic E-state index is 0.0171. The number of methoxy groups -OCH3 is 1. The Morgan fingerprint density at radius 3 is 2.67 bits per heavy atom. The average molecular weight is 286 g/mol. The molecular weight excluding hydrogens is 268 g/mol. The first kappa shape index (κ1) is 13.7. The summed E-state index contributed by atoms with van der Waals surface area (Å²) in [6.07, 6.45) is 3.53. The molecule has 21 heavy (non-hydrogen) atoms. The molecule has 5 nitrogen and oxygen atoms in total. The molecular formula is C16H18N2O3. The van der Waals surface area contributed by atoms with Crippen LogP contribution in [0.2, 0.25) is 0 Å². The molecule has 1 aliphatic heterocycles. The van der Waals surface area contributed by atoms with E-state index in [9.17, 15) is 0 Å². The van der Waals surface area contributed by atoms with Crippen molar-refractivity contribution in [2.24, 2.45) is 0 Å². The minimum absolute atomic E-state index is 0.0171. The van der Waals surface area contributed by atoms with Crippen molar-refractivity contribution >= 4 is 0 Å². The lowest BCUT2D eigenvalue weighted by Gasteiger charge is -2.22. The van der Waals surface area contributed by atoms with Crippen molar-refractivity contribution in [3.05, 3.63) is 47.8 Å². The Balaban J connectivity index is 1.95. The predicted molar refractivity (Wildman–Crippen MR) is 79.1 cm³/mol. The van der Waals surface area contributed by atoms with Crippen LogP contribution in [0.3, 0.4) is 0 Å². The molecule has 1 aromatic carbocycles. The highest BCUT2D eigenvalue weighted by Crippen LogP contribution is 2.34. The van der Waals surface area contributed by atoms with E-state index in [-0.39, 0.29) is 6.04 Å². The van der Waals surface area contributed by atoms with Crippen molar-refractivity contribution in [2.45, 2.75) is 6.04 Å². The van der Waals surface area contributed by atoms with Gasteiger partial charge >= 0.3 is 0 Å². The van der Waals surface area contributed by atoms with Crippen LogP contribution in [0.25, 0.3) is 0 Å². The lowest BCUT2D eigenvalue weighted by molar-refractivity contribution is 0.171. The second kappa shape index (κ2) is 6.01. The number of hydrogen-bond donors (Lipinski definition) is 1. The molecule has 0 fully saturated rings. The number of nitrogens with one attached hydrogen (secondary N) is 1. The smallest absolute Gasteiger partial charge is 0.161 e. The summed E-state index contributed by atoms with van der Waals surface area (Å²) in [6.45, 7) is 1.18. The van der Waals surface area contributed by atoms with Gasteiger partial charge in [-0.1, -0.05) is 6.07 Å². The Bertz CT molecular complexity index is 631. The topological polar surface area (TPSA) is 52.6 Å². The van der Waals surface area contributed by atoms with Gasteiger partial charge in [0.2, 0.25) is 0 Å². The summed E-state index contributed by atoms with van der Waals surface area (Å²) in [4.78, 5) is 4.22. The predicted octanol–water partition coefficient (Wildman–Crippen LogP) is 2.17. The van der Waals surface area contributed by atoms with Crippen LogP contribution in [0.4, 0.5) is 0 Å². The normalized spacial score (nSPS) is 14.6. The molecule has 1 N–H and O–H groups in total. The molecule has 0 aliphatic carbocycles. The van der Waals surface area contributed by atoms with Gasteiger partial charge in [-0.25, -0.2) is 0 Å². The minimum Gasteiger partial charge on any atom is -0.495 e. The summed E-state index contributed by atoms with van der Waals surface area (Å²) >= 11 is 0. The van der Waals surface area contributed by atoms with E-state index in [0.717, 1.165) is 28.4 Å². The van der Waals surface area contributed by atoms with Crippen LogP contribution in [0.1, 0.15) is 17.2 Å². The van der Waals surface area contributed by atoms with E-state index in [1.54, 1.807) is 13.3 Å². The molecule has 2 heterocycles. The first-order chi connectivity index (χ1) is 10.3. The Labute approximate surface area is 123 Å². The van der Waals surface area contributed by atoms with E-state index < -0.39 is 0 Å². The molecule has 0 amide bonds. The first-order valence-electron chi connectivity index (χ1n) is 6.87. The van der Waals surface area contributed by atoms with Gasteiger partial charge in [-0.15, -0.1) is 0 Å². The fraction of sp³-hybridized carbons (Fsp3) is 0.312. The highest BCUT2D eigenvalue weighted by atomic mass is 16.6. The first-order valence-corrected chi connectivity index (χ1v) is 6.87. The Hall–Kier alpha value is -2.27. The molecule has 110 valence electrons. The SMILES string of the molecule is CNC(c1cncc(OC)c1)c1ccc2c(c1)OCCO2. The highest BCUT2D eigenvalue weighted by molar-refractivity contribution is 5.46. The number of aromatic nitrogens is 1. The number of nitrogens with zero attached hydrogens (tertiary/aromatic N) is 1. The summed E-state index contributed by atoms with van der Waals surface area (Å²) in [5, 5.41) is 3.30. The van der Waals surface area contributed by atoms with Crippen molar-refractivity contribution in [2.75, 3.05) is 27.4 Å². The fourth-order valence-electron chi connectivity index (χ4n) is 2.47. The Morgan fingerprint density at radius 2 is 1.90 bits per heavy atom. The number of ether oxygens (including phenoxy) is 3. The van der Waals surface area contributed by atoms with E-state index in [0.29, 0.717) is 13.2 Å². The molecule has 0 saturated carbocycles. The number of hydrogen-bond acceptors (Lipinski definition) is 5. The van der Waals surface area contributed by atoms with Gasteiger partial charge in [0.1, 0.15) is 19.0 Å². The molecule has 2 aromatic rings. The Morgan fingerprint density at radius 1 is 1.10 bits per heavy atom. The molecule has 1 aromatic heterocycles. The monoisotopic (exact) mass is 286 g/mol. The molecule has 0 radical (unpaired) electrons. The summed E-state index contributed by atoms with van der Waals surface area (Å²) in [6, 6.07) is 7.99. The largest absolute Gasteiger partial charge is 0.495 e. The van der Waals surface area contributed by atoms with E-state index in [4.69, 9.17) is 14.2 Å². The summed E-state index contributed by atoms with van der Waals surface area (Å²) in [5.74, 6) is 2.32. The summed E-state index contributed by atoms with van der Waals surface area (Å²) < 4.78 is 16.4. The molecule has 1 unspecified atom stereocenters. The second-order valence-electron chi connectivity index (χ2n) is 4.78. The van der Waals surface area contributed by atoms with Gasteiger partial charge < -0.3 is 19.5 Å². The molecule has 1 aliphatic rings. The van der Waals surface area contributed by atoms with Crippen molar-refractivity contribution in [1.29, 1.82) is 0 Å². The maximum Gasteiger partial charge on any atom is 0.161 e. The van der Waals surface area contributed by atoms with Crippen molar-refractivity contribution < 1.29 is 14.2 Å². The molecule has 5 heteroatoms. The average Bonchev–Trinajstić information content (AvgIpc) is 2.56. The third-order valence-electron chi connectivity index (χ3n) is 3.49. The zero-order chi connectivity index (χ0) is 14.7. The number of rotatable bonds is 4. The maximum atomic E-state index is 5.65. The van der Waals surface area contributed by atoms with Crippen LogP contribution >= 0.6 is 0 Å². The molecule has 0 saturated heterocycles. The summed E-state index contributed by atoms with van der Waals surface area (Å²) in [5.41, 5.74) is 2.13. The van der Waals surface area contributed by atoms with Gasteiger partial charge in [-0.3, -0.25) is 4.98 Å². The van der Waals surface area contributed by atoms with Gasteiger partial charge in [0.15, 0.2) is 11.5 Å². The maximum absolute atomic E-state index is 5.65. The van der Waals surface area contributed by atoms with Crippen LogP contribution in [-0.4, -0.2) is 32.4 Å². The highest BCUT2D eigenvalue weighted by Gasteiger charge is 2.18. The van der Waals surface area contributed by atoms with Gasteiger partial charge in [-0.2, -0.15) is 0 Å². The molecule has 0 bridgehead atoms. The third-order valence-corrected chi connectivity index (χ3v) is 3.49. The van der Waals surface area contributed by atoms with E-state index >= 15 is 0 Å². The van der Waals surface area contributed by atoms with Crippen molar-refractivity contribution in [3.63, 3.8) is 0 Å². The lowest BCUT2D eigenvalue weighted by atomic mass is 9.99. The van der Waals surface area contributed by atoms with Gasteiger partial charge in [0.25, 0.3) is 0 Å².